The molecule has 1 aliphatic heterocycles. The second-order valence-corrected chi connectivity index (χ2v) is 7.91. The van der Waals surface area contributed by atoms with Gasteiger partial charge in [-0.05, 0) is 31.0 Å². The van der Waals surface area contributed by atoms with Crippen LogP contribution in [0.25, 0.3) is 11.3 Å². The van der Waals surface area contributed by atoms with Crippen LogP contribution in [0.2, 0.25) is 5.02 Å². The van der Waals surface area contributed by atoms with Crippen LogP contribution in [0.1, 0.15) is 12.8 Å². The van der Waals surface area contributed by atoms with Gasteiger partial charge in [0.2, 0.25) is 0 Å². The Morgan fingerprint density at radius 1 is 1.20 bits per heavy atom. The van der Waals surface area contributed by atoms with Gasteiger partial charge >= 0.3 is 12.1 Å². The van der Waals surface area contributed by atoms with Gasteiger partial charge < -0.3 is 20.0 Å². The molecule has 3 rings (SSSR count). The standard InChI is InChI=1S/C21H25ClFN5O2/c1-26(2)21(30)28-9-7-17(8-10-28)27(3)20(29)25-16-12-18(22)19(24-13-16)14-5-4-6-15(23)11-14/h4-6,11-13,17H,7-10H2,1-3H3,(H,25,29). The minimum Gasteiger partial charge on any atom is -0.331 e. The number of anilines is 1. The van der Waals surface area contributed by atoms with Crippen molar-refractivity contribution in [3.63, 3.8) is 0 Å². The third kappa shape index (κ3) is 4.99. The fourth-order valence-electron chi connectivity index (χ4n) is 3.46. The van der Waals surface area contributed by atoms with Gasteiger partial charge in [0, 0.05) is 45.8 Å². The Bertz CT molecular complexity index is 931. The maximum atomic E-state index is 13.5. The summed E-state index contributed by atoms with van der Waals surface area (Å²) in [5.41, 5.74) is 1.46. The van der Waals surface area contributed by atoms with Gasteiger partial charge in [-0.3, -0.25) is 4.98 Å². The lowest BCUT2D eigenvalue weighted by Crippen LogP contribution is -2.50. The third-order valence-corrected chi connectivity index (χ3v) is 5.46. The van der Waals surface area contributed by atoms with Crippen LogP contribution in [-0.4, -0.2) is 72.0 Å². The molecule has 160 valence electrons. The van der Waals surface area contributed by atoms with Crippen LogP contribution >= 0.6 is 11.6 Å². The van der Waals surface area contributed by atoms with E-state index in [1.54, 1.807) is 54.0 Å². The van der Waals surface area contributed by atoms with Crippen LogP contribution in [0.15, 0.2) is 36.5 Å². The number of piperidine rings is 1. The number of benzene rings is 1. The smallest absolute Gasteiger partial charge is 0.321 e. The van der Waals surface area contributed by atoms with E-state index in [1.807, 2.05) is 0 Å². The maximum Gasteiger partial charge on any atom is 0.321 e. The molecule has 0 saturated carbocycles. The average molecular weight is 434 g/mol. The SMILES string of the molecule is CN(C)C(=O)N1CCC(N(C)C(=O)Nc2cnc(-c3cccc(F)c3)c(Cl)c2)CC1. The molecule has 1 saturated heterocycles. The number of halogens is 2. The molecule has 0 atom stereocenters. The summed E-state index contributed by atoms with van der Waals surface area (Å²) >= 11 is 6.31. The summed E-state index contributed by atoms with van der Waals surface area (Å²) in [6, 6.07) is 7.35. The number of rotatable bonds is 3. The molecule has 30 heavy (non-hydrogen) atoms. The molecule has 4 amide bonds. The highest BCUT2D eigenvalue weighted by atomic mass is 35.5. The van der Waals surface area contributed by atoms with Crippen LogP contribution < -0.4 is 5.32 Å². The van der Waals surface area contributed by atoms with Crippen LogP contribution in [0, 0.1) is 5.82 Å². The van der Waals surface area contributed by atoms with Crippen LogP contribution in [0.3, 0.4) is 0 Å². The summed E-state index contributed by atoms with van der Waals surface area (Å²) in [5, 5.41) is 3.12. The van der Waals surface area contributed by atoms with Crippen molar-refractivity contribution in [2.24, 2.45) is 0 Å². The van der Waals surface area contributed by atoms with Crippen molar-refractivity contribution in [2.75, 3.05) is 39.5 Å². The zero-order valence-corrected chi connectivity index (χ0v) is 18.0. The van der Waals surface area contributed by atoms with Crippen molar-refractivity contribution in [1.82, 2.24) is 19.7 Å². The zero-order chi connectivity index (χ0) is 21.8. The van der Waals surface area contributed by atoms with Crippen LogP contribution in [0.5, 0.6) is 0 Å². The third-order valence-electron chi connectivity index (χ3n) is 5.18. The molecule has 1 aliphatic rings. The highest BCUT2D eigenvalue weighted by Crippen LogP contribution is 2.28. The van der Waals surface area contributed by atoms with E-state index in [4.69, 9.17) is 11.6 Å². The van der Waals surface area contributed by atoms with Crippen molar-refractivity contribution in [1.29, 1.82) is 0 Å². The van der Waals surface area contributed by atoms with Gasteiger partial charge in [0.25, 0.3) is 0 Å². The van der Waals surface area contributed by atoms with E-state index in [9.17, 15) is 14.0 Å². The number of hydrogen-bond donors (Lipinski definition) is 1. The molecule has 0 bridgehead atoms. The van der Waals surface area contributed by atoms with E-state index in [0.29, 0.717) is 47.9 Å². The number of aromatic nitrogens is 1. The molecule has 0 radical (unpaired) electrons. The Labute approximate surface area is 180 Å². The van der Waals surface area contributed by atoms with Gasteiger partial charge in [0.15, 0.2) is 0 Å². The summed E-state index contributed by atoms with van der Waals surface area (Å²) < 4.78 is 13.5. The lowest BCUT2D eigenvalue weighted by Gasteiger charge is -2.37. The number of hydrogen-bond acceptors (Lipinski definition) is 3. The van der Waals surface area contributed by atoms with Gasteiger partial charge in [-0.1, -0.05) is 23.7 Å². The van der Waals surface area contributed by atoms with E-state index in [0.717, 1.165) is 0 Å². The highest BCUT2D eigenvalue weighted by molar-refractivity contribution is 6.33. The molecule has 1 N–H and O–H groups in total. The number of carbonyl (C=O) groups is 2. The van der Waals surface area contributed by atoms with Crippen molar-refractivity contribution >= 4 is 29.4 Å². The van der Waals surface area contributed by atoms with E-state index < -0.39 is 0 Å². The fourth-order valence-corrected chi connectivity index (χ4v) is 3.73. The molecular formula is C21H25ClFN5O2. The number of urea groups is 2. The molecule has 2 aromatic rings. The first-order valence-electron chi connectivity index (χ1n) is 9.68. The Kier molecular flexibility index (Phi) is 6.77. The molecule has 9 heteroatoms. The molecular weight excluding hydrogens is 409 g/mol. The second-order valence-electron chi connectivity index (χ2n) is 7.50. The second kappa shape index (κ2) is 9.30. The first-order valence-corrected chi connectivity index (χ1v) is 10.1. The Balaban J connectivity index is 1.61. The number of amides is 4. The maximum absolute atomic E-state index is 13.5. The Hall–Kier alpha value is -2.87. The molecule has 1 aromatic carbocycles. The monoisotopic (exact) mass is 433 g/mol. The lowest BCUT2D eigenvalue weighted by molar-refractivity contribution is 0.131. The predicted octanol–water partition coefficient (Wildman–Crippen LogP) is 4.15. The molecule has 0 unspecified atom stereocenters. The van der Waals surface area contributed by atoms with Crippen molar-refractivity contribution in [3.8, 4) is 11.3 Å². The quantitative estimate of drug-likeness (QED) is 0.790. The number of nitrogens with one attached hydrogen (secondary N) is 1. The molecule has 7 nitrogen and oxygen atoms in total. The number of likely N-dealkylation sites (tertiary alicyclic amines) is 1. The normalized spacial score (nSPS) is 14.4. The molecule has 1 aromatic heterocycles. The number of nitrogens with zero attached hydrogens (tertiary/aromatic N) is 4. The van der Waals surface area contributed by atoms with Gasteiger partial charge in [-0.25, -0.2) is 14.0 Å². The summed E-state index contributed by atoms with van der Waals surface area (Å²) in [6.45, 7) is 1.21. The first kappa shape index (κ1) is 21.8. The van der Waals surface area contributed by atoms with E-state index >= 15 is 0 Å². The fraction of sp³-hybridized carbons (Fsp3) is 0.381. The summed E-state index contributed by atoms with van der Waals surface area (Å²) in [4.78, 5) is 34.0. The molecule has 1 fully saturated rings. The molecule has 0 spiro atoms. The van der Waals surface area contributed by atoms with Gasteiger partial charge in [0.1, 0.15) is 5.82 Å². The Morgan fingerprint density at radius 2 is 1.90 bits per heavy atom. The summed E-state index contributed by atoms with van der Waals surface area (Å²) in [6.07, 6.45) is 2.91. The highest BCUT2D eigenvalue weighted by Gasteiger charge is 2.28. The van der Waals surface area contributed by atoms with E-state index in [2.05, 4.69) is 10.3 Å². The van der Waals surface area contributed by atoms with Crippen molar-refractivity contribution in [3.05, 3.63) is 47.4 Å². The van der Waals surface area contributed by atoms with E-state index in [1.165, 1.54) is 18.3 Å². The zero-order valence-electron chi connectivity index (χ0n) is 17.2. The van der Waals surface area contributed by atoms with Crippen molar-refractivity contribution in [2.45, 2.75) is 18.9 Å². The lowest BCUT2D eigenvalue weighted by atomic mass is 10.0. The van der Waals surface area contributed by atoms with Gasteiger partial charge in [-0.15, -0.1) is 0 Å². The summed E-state index contributed by atoms with van der Waals surface area (Å²) in [7, 11) is 5.19. The summed E-state index contributed by atoms with van der Waals surface area (Å²) in [5.74, 6) is -0.372. The predicted molar refractivity (Wildman–Crippen MR) is 115 cm³/mol. The Morgan fingerprint density at radius 3 is 2.50 bits per heavy atom. The average Bonchev–Trinajstić information content (AvgIpc) is 2.72. The van der Waals surface area contributed by atoms with Crippen LogP contribution in [0.4, 0.5) is 19.7 Å². The van der Waals surface area contributed by atoms with Crippen LogP contribution in [-0.2, 0) is 0 Å². The van der Waals surface area contributed by atoms with E-state index in [-0.39, 0.29) is 23.9 Å². The largest absolute Gasteiger partial charge is 0.331 e. The minimum atomic E-state index is -0.372. The first-order chi connectivity index (χ1) is 14.3. The topological polar surface area (TPSA) is 68.8 Å². The number of pyridine rings is 1. The number of carbonyl (C=O) groups excluding carboxylic acids is 2. The molecule has 0 aliphatic carbocycles. The van der Waals surface area contributed by atoms with Gasteiger partial charge in [0.05, 0.1) is 22.6 Å². The van der Waals surface area contributed by atoms with Gasteiger partial charge in [-0.2, -0.15) is 0 Å². The van der Waals surface area contributed by atoms with Crippen molar-refractivity contribution < 1.29 is 14.0 Å². The minimum absolute atomic E-state index is 0.0142. The molecule has 2 heterocycles.